The number of ether oxygens (including phenoxy) is 4. The Balaban J connectivity index is 1.48. The molecule has 318 valence electrons. The van der Waals surface area contributed by atoms with Crippen LogP contribution in [0.4, 0.5) is 9.18 Å². The Morgan fingerprint density at radius 2 is 1.76 bits per heavy atom. The van der Waals surface area contributed by atoms with Crippen molar-refractivity contribution in [2.75, 3.05) is 14.1 Å². The van der Waals surface area contributed by atoms with Gasteiger partial charge in [-0.3, -0.25) is 14.6 Å². The van der Waals surface area contributed by atoms with Crippen LogP contribution in [0.25, 0.3) is 22.2 Å². The summed E-state index contributed by atoms with van der Waals surface area (Å²) in [5.41, 5.74) is -4.36. The number of pyridine rings is 1. The van der Waals surface area contributed by atoms with Crippen LogP contribution in [0.3, 0.4) is 0 Å². The summed E-state index contributed by atoms with van der Waals surface area (Å²) < 4.78 is 46.8. The summed E-state index contributed by atoms with van der Waals surface area (Å²) in [5.74, 6) is 0.290. The van der Waals surface area contributed by atoms with Crippen molar-refractivity contribution in [3.63, 3.8) is 0 Å². The van der Waals surface area contributed by atoms with Gasteiger partial charge in [0.25, 0.3) is 5.67 Å². The van der Waals surface area contributed by atoms with E-state index in [4.69, 9.17) is 23.5 Å². The molecule has 0 bridgehead atoms. The molecule has 59 heavy (non-hydrogen) atoms. The van der Waals surface area contributed by atoms with Crippen LogP contribution in [0.1, 0.15) is 80.4 Å². The number of alkyl halides is 1. The van der Waals surface area contributed by atoms with Crippen LogP contribution >= 0.6 is 0 Å². The molecule has 3 saturated heterocycles. The Labute approximate surface area is 343 Å². The summed E-state index contributed by atoms with van der Waals surface area (Å²) in [4.78, 5) is 61.9. The van der Waals surface area contributed by atoms with E-state index in [-0.39, 0.29) is 30.5 Å². The van der Waals surface area contributed by atoms with Gasteiger partial charge in [-0.15, -0.1) is 0 Å². The first-order valence-electron chi connectivity index (χ1n) is 20.2. The summed E-state index contributed by atoms with van der Waals surface area (Å²) in [6.45, 7) is 12.3. The van der Waals surface area contributed by atoms with E-state index in [1.54, 1.807) is 40.0 Å². The molecule has 3 aliphatic heterocycles. The third-order valence-electron chi connectivity index (χ3n) is 12.4. The highest BCUT2D eigenvalue weighted by Crippen LogP contribution is 2.43. The number of ketones is 2. The number of alkyl carbamates (subject to hydrolysis) is 1. The first-order valence-corrected chi connectivity index (χ1v) is 20.2. The van der Waals surface area contributed by atoms with E-state index < -0.39 is 89.0 Å². The number of carbonyl (C=O) groups excluding carboxylic acids is 4. The summed E-state index contributed by atoms with van der Waals surface area (Å²) >= 11 is 0. The number of aliphatic hydroxyl groups excluding tert-OH is 1. The number of fused-ring (bicyclic) bond motifs is 2. The fraction of sp³-hybridized carbons (Fsp3) is 0.591. The average Bonchev–Trinajstić information content (AvgIpc) is 3.80. The number of cyclic esters (lactones) is 1. The van der Waals surface area contributed by atoms with Crippen LogP contribution in [0.2, 0.25) is 0 Å². The molecule has 0 radical (unpaired) electrons. The lowest BCUT2D eigenvalue weighted by Gasteiger charge is -2.46. The second kappa shape index (κ2) is 16.7. The van der Waals surface area contributed by atoms with Gasteiger partial charge in [-0.05, 0) is 79.1 Å². The van der Waals surface area contributed by atoms with Crippen molar-refractivity contribution in [3.8, 4) is 23.1 Å². The van der Waals surface area contributed by atoms with Crippen LogP contribution in [0.15, 0.2) is 47.1 Å². The minimum Gasteiger partial charge on any atom is -0.455 e. The quantitative estimate of drug-likeness (QED) is 0.189. The van der Waals surface area contributed by atoms with Gasteiger partial charge in [0.2, 0.25) is 5.76 Å². The molecule has 1 amide bonds. The van der Waals surface area contributed by atoms with E-state index in [0.717, 1.165) is 17.8 Å². The number of amides is 1. The molecule has 3 fully saturated rings. The number of likely N-dealkylation sites (N-methyl/N-ethyl adjacent to an activating group) is 1. The molecule has 0 spiro atoms. The zero-order chi connectivity index (χ0) is 43.2. The van der Waals surface area contributed by atoms with Gasteiger partial charge in [0.1, 0.15) is 23.7 Å². The van der Waals surface area contributed by atoms with E-state index in [1.807, 2.05) is 56.3 Å². The van der Waals surface area contributed by atoms with Crippen molar-refractivity contribution in [2.45, 2.75) is 129 Å². The van der Waals surface area contributed by atoms with Gasteiger partial charge in [-0.25, -0.2) is 14.0 Å². The monoisotopic (exact) mass is 818 g/mol. The number of hydrogen-bond acceptors (Lipinski definition) is 13. The molecule has 14 nitrogen and oxygen atoms in total. The number of aliphatic hydroxyl groups is 1. The van der Waals surface area contributed by atoms with Gasteiger partial charge < -0.3 is 38.8 Å². The van der Waals surface area contributed by atoms with E-state index in [0.29, 0.717) is 17.7 Å². The van der Waals surface area contributed by atoms with Gasteiger partial charge >= 0.3 is 12.1 Å². The molecule has 13 atom stereocenters. The number of aromatic nitrogens is 2. The first kappa shape index (κ1) is 43.8. The largest absolute Gasteiger partial charge is 0.455 e. The second-order valence-electron chi connectivity index (χ2n) is 17.2. The molecular weight excluding hydrogens is 764 g/mol. The molecule has 6 rings (SSSR count). The number of benzene rings is 1. The Hall–Kier alpha value is -4.75. The predicted molar refractivity (Wildman–Crippen MR) is 213 cm³/mol. The SMILES string of the molecule is CC[C@@H]1OC(=O)[C@@](C)(F)C(=O)[C@H](C)[C@@H](O[C@@H]2O[C@H](C)C[C@H](N(C)C)[C@H]2O)[C@@](C)(C#Cc2cc(-c3cnc4ccccc4c3)no2)C[C@@H](C)C(=O)[C@@H](C)[C@H]2NC(=O)O[C@]12C. The third-order valence-corrected chi connectivity index (χ3v) is 12.4. The Kier molecular flexibility index (Phi) is 12.4. The first-order chi connectivity index (χ1) is 27.7. The van der Waals surface area contributed by atoms with Crippen LogP contribution < -0.4 is 5.32 Å². The number of hydrogen-bond donors (Lipinski definition) is 2. The highest BCUT2D eigenvalue weighted by Gasteiger charge is 2.59. The summed E-state index contributed by atoms with van der Waals surface area (Å²) in [7, 11) is 3.62. The van der Waals surface area contributed by atoms with Gasteiger partial charge in [0.15, 0.2) is 17.7 Å². The minimum absolute atomic E-state index is 0.0561. The molecule has 0 unspecified atom stereocenters. The van der Waals surface area contributed by atoms with Gasteiger partial charge in [-0.1, -0.05) is 57.0 Å². The number of rotatable bonds is 5. The van der Waals surface area contributed by atoms with Crippen molar-refractivity contribution in [2.24, 2.45) is 23.2 Å². The maximum Gasteiger partial charge on any atom is 0.408 e. The van der Waals surface area contributed by atoms with Gasteiger partial charge in [0.05, 0.1) is 29.2 Å². The summed E-state index contributed by atoms with van der Waals surface area (Å²) in [6.07, 6.45) is -4.19. The molecule has 15 heteroatoms. The maximum absolute atomic E-state index is 17.0. The van der Waals surface area contributed by atoms with E-state index in [2.05, 4.69) is 27.3 Å². The second-order valence-corrected chi connectivity index (χ2v) is 17.2. The van der Waals surface area contributed by atoms with E-state index in [1.165, 1.54) is 13.8 Å². The number of carbonyl (C=O) groups is 4. The molecule has 2 N–H and O–H groups in total. The Morgan fingerprint density at radius 3 is 2.46 bits per heavy atom. The molecule has 3 aliphatic rings. The van der Waals surface area contributed by atoms with Crippen LogP contribution in [-0.2, 0) is 33.3 Å². The van der Waals surface area contributed by atoms with Crippen molar-refractivity contribution >= 4 is 34.5 Å². The minimum atomic E-state index is -3.22. The van der Waals surface area contributed by atoms with Crippen molar-refractivity contribution in [3.05, 3.63) is 48.4 Å². The topological polar surface area (TPSA) is 180 Å². The molecular formula is C44H55FN4O10. The lowest BCUT2D eigenvalue weighted by Crippen LogP contribution is -2.60. The molecule has 1 aromatic carbocycles. The third kappa shape index (κ3) is 8.50. The van der Waals surface area contributed by atoms with Crippen molar-refractivity contribution in [1.82, 2.24) is 20.4 Å². The average molecular weight is 819 g/mol. The zero-order valence-corrected chi connectivity index (χ0v) is 35.3. The molecule has 2 aromatic heterocycles. The Morgan fingerprint density at radius 1 is 1.05 bits per heavy atom. The number of nitrogens with zero attached hydrogens (tertiary/aromatic N) is 3. The molecule has 5 heterocycles. The van der Waals surface area contributed by atoms with E-state index >= 15 is 4.39 Å². The van der Waals surface area contributed by atoms with Crippen LogP contribution in [0, 0.1) is 35.0 Å². The summed E-state index contributed by atoms with van der Waals surface area (Å²) in [6, 6.07) is 9.79. The number of nitrogens with one attached hydrogen (secondary N) is 1. The lowest BCUT2D eigenvalue weighted by molar-refractivity contribution is -0.282. The normalized spacial score (nSPS) is 37.2. The smallest absolute Gasteiger partial charge is 0.408 e. The predicted octanol–water partition coefficient (Wildman–Crippen LogP) is 5.43. The highest BCUT2D eigenvalue weighted by atomic mass is 19.1. The lowest BCUT2D eigenvalue weighted by atomic mass is 9.68. The van der Waals surface area contributed by atoms with Crippen LogP contribution in [-0.4, -0.2) is 112 Å². The number of halogens is 1. The molecule has 0 aliphatic carbocycles. The van der Waals surface area contributed by atoms with Crippen molar-refractivity contribution in [1.29, 1.82) is 0 Å². The van der Waals surface area contributed by atoms with Crippen LogP contribution in [0.5, 0.6) is 0 Å². The summed E-state index contributed by atoms with van der Waals surface area (Å²) in [5, 5.41) is 19.4. The standard InChI is InChI=1S/C44H55FN4O10/c1-11-33-44(8)36(47-41(54)58-44)25(4)34(50)23(2)21-42(6,17-16-29-20-31(48-59-29)28-19-27-14-12-13-15-30(27)46-22-28)38(26(5)37(52)43(7,45)40(53)56-33)57-39-35(51)32(49(9)10)18-24(3)55-39/h12-15,19-20,22-26,32-33,35-36,38-39,51H,11,18,21H2,1-10H3,(H,47,54)/t23-,24-,25-,26+,32+,33+,35-,36-,38-,39+,42+,43+,44-/m1/s1. The fourth-order valence-electron chi connectivity index (χ4n) is 9.05. The van der Waals surface area contributed by atoms with Gasteiger partial charge in [-0.2, -0.15) is 0 Å². The van der Waals surface area contributed by atoms with E-state index in [9.17, 15) is 24.3 Å². The highest BCUT2D eigenvalue weighted by molar-refractivity contribution is 6.08. The molecule has 3 aromatic rings. The number of esters is 1. The maximum atomic E-state index is 17.0. The zero-order valence-electron chi connectivity index (χ0n) is 35.3. The molecule has 0 saturated carbocycles. The van der Waals surface area contributed by atoms with Gasteiger partial charge in [0, 0.05) is 47.0 Å². The number of para-hydroxylation sites is 1. The number of Topliss-reactive ketones (excluding diaryl/α,β-unsaturated/α-hetero) is 2. The fourth-order valence-corrected chi connectivity index (χ4v) is 9.05. The Bertz CT molecular complexity index is 2150. The van der Waals surface area contributed by atoms with Crippen molar-refractivity contribution < 1.29 is 52.1 Å².